The van der Waals surface area contributed by atoms with E-state index >= 15 is 0 Å². The minimum Gasteiger partial charge on any atom is -0.493 e. The molecule has 0 N–H and O–H groups in total. The van der Waals surface area contributed by atoms with E-state index in [1.807, 2.05) is 12.1 Å². The zero-order valence-corrected chi connectivity index (χ0v) is 23.9. The number of rotatable bonds is 8. The molecule has 0 bridgehead atoms. The molecule has 2 aromatic carbocycles. The van der Waals surface area contributed by atoms with Gasteiger partial charge in [-0.3, -0.25) is 14.5 Å². The van der Waals surface area contributed by atoms with Crippen molar-refractivity contribution in [1.29, 1.82) is 0 Å². The van der Waals surface area contributed by atoms with Crippen LogP contribution in [0.1, 0.15) is 27.4 Å². The maximum atomic E-state index is 12.9. The minimum absolute atomic E-state index is 0.0110. The average Bonchev–Trinajstić information content (AvgIpc) is 3.45. The van der Waals surface area contributed by atoms with Crippen molar-refractivity contribution in [2.75, 3.05) is 14.2 Å². The number of furan rings is 1. The number of carbonyl (C=O) groups is 3. The summed E-state index contributed by atoms with van der Waals surface area (Å²) in [6.07, 6.45) is 1.61. The number of hydrogen-bond acceptors (Lipinski definition) is 8. The molecule has 37 heavy (non-hydrogen) atoms. The Balaban J connectivity index is 1.50. The fourth-order valence-corrected chi connectivity index (χ4v) is 5.30. The number of halogens is 3. The maximum absolute atomic E-state index is 12.9. The number of carbonyl (C=O) groups excluding carboxylic acids is 3. The van der Waals surface area contributed by atoms with Gasteiger partial charge in [-0.1, -0.05) is 29.3 Å². The normalized spacial score (nSPS) is 14.4. The largest absolute Gasteiger partial charge is 0.493 e. The lowest BCUT2D eigenvalue weighted by Gasteiger charge is -2.14. The van der Waals surface area contributed by atoms with E-state index in [9.17, 15) is 14.4 Å². The molecule has 2 amide bonds. The Morgan fingerprint density at radius 1 is 1.11 bits per heavy atom. The molecule has 0 atom stereocenters. The van der Waals surface area contributed by atoms with E-state index in [2.05, 4.69) is 27.3 Å². The Morgan fingerprint density at radius 3 is 2.59 bits per heavy atom. The van der Waals surface area contributed by atoms with E-state index in [-0.39, 0.29) is 29.6 Å². The lowest BCUT2D eigenvalue weighted by Crippen LogP contribution is -2.27. The Bertz CT molecular complexity index is 1420. The summed E-state index contributed by atoms with van der Waals surface area (Å²) < 4.78 is 22.2. The zero-order valence-electron chi connectivity index (χ0n) is 19.4. The van der Waals surface area contributed by atoms with Gasteiger partial charge in [-0.2, -0.15) is 0 Å². The second kappa shape index (κ2) is 11.8. The highest BCUT2D eigenvalue weighted by molar-refractivity contribution is 14.1. The van der Waals surface area contributed by atoms with Crippen molar-refractivity contribution < 1.29 is 33.0 Å². The van der Waals surface area contributed by atoms with Gasteiger partial charge in [0.05, 0.1) is 39.3 Å². The van der Waals surface area contributed by atoms with Gasteiger partial charge < -0.3 is 18.6 Å². The number of nitrogens with zero attached hydrogens (tertiary/aromatic N) is 1. The predicted molar refractivity (Wildman–Crippen MR) is 148 cm³/mol. The molecule has 1 saturated heterocycles. The van der Waals surface area contributed by atoms with Gasteiger partial charge in [0, 0.05) is 0 Å². The van der Waals surface area contributed by atoms with Gasteiger partial charge in [-0.15, -0.1) is 0 Å². The number of thioether (sulfide) groups is 1. The van der Waals surface area contributed by atoms with Crippen LogP contribution in [0.25, 0.3) is 6.08 Å². The Hall–Kier alpha value is -2.67. The number of benzene rings is 2. The van der Waals surface area contributed by atoms with Gasteiger partial charge >= 0.3 is 5.97 Å². The van der Waals surface area contributed by atoms with Crippen molar-refractivity contribution in [3.05, 3.63) is 83.6 Å². The Kier molecular flexibility index (Phi) is 8.73. The monoisotopic (exact) mass is 673 g/mol. The van der Waals surface area contributed by atoms with Crippen molar-refractivity contribution in [3.8, 4) is 11.5 Å². The van der Waals surface area contributed by atoms with Crippen molar-refractivity contribution in [3.63, 3.8) is 0 Å². The molecule has 1 aliphatic rings. The number of esters is 1. The average molecular weight is 674 g/mol. The molecular formula is C25H18Cl2INO7S. The van der Waals surface area contributed by atoms with E-state index in [0.29, 0.717) is 27.1 Å². The zero-order chi connectivity index (χ0) is 26.7. The molecule has 0 saturated carbocycles. The first-order valence-electron chi connectivity index (χ1n) is 10.6. The summed E-state index contributed by atoms with van der Waals surface area (Å²) in [7, 11) is 2.75. The molecule has 1 aromatic heterocycles. The van der Waals surface area contributed by atoms with Gasteiger partial charge in [0.15, 0.2) is 11.5 Å². The molecule has 0 radical (unpaired) electrons. The molecule has 0 aliphatic carbocycles. The lowest BCUT2D eigenvalue weighted by atomic mass is 10.1. The number of imide groups is 1. The number of methoxy groups -OCH3 is 2. The minimum atomic E-state index is -0.645. The predicted octanol–water partition coefficient (Wildman–Crippen LogP) is 6.80. The number of hydrogen-bond donors (Lipinski definition) is 0. The Labute approximate surface area is 240 Å². The van der Waals surface area contributed by atoms with Crippen molar-refractivity contribution in [1.82, 2.24) is 4.90 Å². The highest BCUT2D eigenvalue weighted by Crippen LogP contribution is 2.38. The van der Waals surface area contributed by atoms with Crippen molar-refractivity contribution >= 4 is 80.7 Å². The summed E-state index contributed by atoms with van der Waals surface area (Å²) in [5, 5.41) is 0.446. The molecule has 1 aliphatic heterocycles. The third-order valence-electron chi connectivity index (χ3n) is 5.15. The molecule has 0 spiro atoms. The second-order valence-corrected chi connectivity index (χ2v) is 10.6. The molecule has 3 aromatic rings. The molecule has 12 heteroatoms. The van der Waals surface area contributed by atoms with Crippen LogP contribution >= 0.6 is 57.6 Å². The number of amides is 2. The third kappa shape index (κ3) is 6.25. The molecule has 2 heterocycles. The van der Waals surface area contributed by atoms with E-state index in [1.165, 1.54) is 26.4 Å². The second-order valence-electron chi connectivity index (χ2n) is 7.60. The molecule has 1 fully saturated rings. The van der Waals surface area contributed by atoms with Crippen LogP contribution in [0.15, 0.2) is 51.8 Å². The summed E-state index contributed by atoms with van der Waals surface area (Å²) >= 11 is 15.0. The first kappa shape index (κ1) is 27.4. The van der Waals surface area contributed by atoms with Gasteiger partial charge in [0.1, 0.15) is 12.4 Å². The van der Waals surface area contributed by atoms with Crippen LogP contribution < -0.4 is 9.47 Å². The van der Waals surface area contributed by atoms with E-state index in [1.54, 1.807) is 24.3 Å². The topological polar surface area (TPSA) is 95.3 Å². The van der Waals surface area contributed by atoms with Crippen molar-refractivity contribution in [2.45, 2.75) is 13.2 Å². The molecule has 192 valence electrons. The third-order valence-corrected chi connectivity index (χ3v) is 7.60. The van der Waals surface area contributed by atoms with Gasteiger partial charge in [0.2, 0.25) is 5.76 Å². The summed E-state index contributed by atoms with van der Waals surface area (Å²) in [6, 6.07) is 11.7. The fraction of sp³-hybridized carbons (Fsp3) is 0.160. The molecular weight excluding hydrogens is 656 g/mol. The first-order valence-corrected chi connectivity index (χ1v) is 13.2. The fourth-order valence-electron chi connectivity index (χ4n) is 3.36. The van der Waals surface area contributed by atoms with Crippen LogP contribution in [0.2, 0.25) is 10.0 Å². The number of ether oxygens (including phenoxy) is 3. The highest BCUT2D eigenvalue weighted by Gasteiger charge is 2.36. The van der Waals surface area contributed by atoms with Gasteiger partial charge in [-0.25, -0.2) is 4.79 Å². The molecule has 4 rings (SSSR count). The summed E-state index contributed by atoms with van der Waals surface area (Å²) in [6.45, 7) is 0.132. The van der Waals surface area contributed by atoms with Crippen LogP contribution in [0.4, 0.5) is 4.79 Å². The van der Waals surface area contributed by atoms with Crippen LogP contribution in [0.3, 0.4) is 0 Å². The Morgan fingerprint density at radius 2 is 1.89 bits per heavy atom. The maximum Gasteiger partial charge on any atom is 0.373 e. The van der Waals surface area contributed by atoms with Gasteiger partial charge in [0.25, 0.3) is 11.1 Å². The first-order chi connectivity index (χ1) is 17.7. The van der Waals surface area contributed by atoms with Crippen LogP contribution in [-0.4, -0.2) is 36.2 Å². The van der Waals surface area contributed by atoms with Crippen molar-refractivity contribution in [2.24, 2.45) is 0 Å². The summed E-state index contributed by atoms with van der Waals surface area (Å²) in [5.74, 6) is 0.141. The van der Waals surface area contributed by atoms with E-state index in [4.69, 9.17) is 37.1 Å². The standard InChI is InChI=1S/C25H18Cl2INO7S/c1-33-20-9-14(8-18(28)22(20)35-12-13-3-5-16(26)17(27)7-13)10-21-23(30)29(25(32)37-21)11-15-4-6-19(36-15)24(31)34-2/h3-10H,11-12H2,1-2H3/b21-10+. The summed E-state index contributed by atoms with van der Waals surface area (Å²) in [4.78, 5) is 38.3. The van der Waals surface area contributed by atoms with E-state index < -0.39 is 17.1 Å². The molecule has 8 nitrogen and oxygen atoms in total. The quantitative estimate of drug-likeness (QED) is 0.146. The highest BCUT2D eigenvalue weighted by atomic mass is 127. The molecule has 0 unspecified atom stereocenters. The van der Waals surface area contributed by atoms with Crippen LogP contribution in [-0.2, 0) is 22.7 Å². The van der Waals surface area contributed by atoms with Crippen LogP contribution in [0, 0.1) is 3.57 Å². The summed E-state index contributed by atoms with van der Waals surface area (Å²) in [5.41, 5.74) is 1.49. The van der Waals surface area contributed by atoms with Crippen LogP contribution in [0.5, 0.6) is 11.5 Å². The van der Waals surface area contributed by atoms with Gasteiger partial charge in [-0.05, 0) is 88.0 Å². The lowest BCUT2D eigenvalue weighted by molar-refractivity contribution is -0.123. The van der Waals surface area contributed by atoms with E-state index in [0.717, 1.165) is 25.8 Å². The SMILES string of the molecule is COC(=O)c1ccc(CN2C(=O)S/C(=C/c3cc(I)c(OCc4ccc(Cl)c(Cl)c4)c(OC)c3)C2=O)o1. The smallest absolute Gasteiger partial charge is 0.373 e.